The maximum atomic E-state index is 8.07. The Balaban J connectivity index is -0.0000000533. The third-order valence-electron chi connectivity index (χ3n) is 2.05. The molecule has 0 aromatic carbocycles. The molecule has 132 valence electrons. The zero-order valence-corrected chi connectivity index (χ0v) is 17.2. The maximum Gasteiger partial charge on any atom is 0.0430 e. The van der Waals surface area contributed by atoms with Crippen molar-refractivity contribution in [2.75, 3.05) is 26.4 Å². The Hall–Kier alpha value is 0.723. The van der Waals surface area contributed by atoms with E-state index >= 15 is 0 Å². The van der Waals surface area contributed by atoms with Crippen molar-refractivity contribution in [1.29, 1.82) is 0 Å². The fourth-order valence-electron chi connectivity index (χ4n) is 0.632. The SMILES string of the molecule is CCCCO.CCCCO.CCCCO.CCCCO.[Zr]. The van der Waals surface area contributed by atoms with Gasteiger partial charge >= 0.3 is 0 Å². The molecule has 5 heteroatoms. The van der Waals surface area contributed by atoms with Crippen LogP contribution in [0.2, 0.25) is 0 Å². The van der Waals surface area contributed by atoms with E-state index in [1.54, 1.807) is 0 Å². The van der Waals surface area contributed by atoms with Crippen LogP contribution < -0.4 is 0 Å². The average Bonchev–Trinajstić information content (AvgIpc) is 2.44. The summed E-state index contributed by atoms with van der Waals surface area (Å²) in [5.41, 5.74) is 0. The number of rotatable bonds is 8. The van der Waals surface area contributed by atoms with Crippen molar-refractivity contribution in [2.24, 2.45) is 0 Å². The molecule has 0 bridgehead atoms. The van der Waals surface area contributed by atoms with Gasteiger partial charge in [-0.25, -0.2) is 0 Å². The van der Waals surface area contributed by atoms with Crippen molar-refractivity contribution < 1.29 is 46.6 Å². The van der Waals surface area contributed by atoms with Crippen LogP contribution in [-0.4, -0.2) is 46.9 Å². The first kappa shape index (κ1) is 33.4. The Bertz CT molecular complexity index is 74.3. The van der Waals surface area contributed by atoms with Crippen molar-refractivity contribution in [3.63, 3.8) is 0 Å². The first-order valence-electron chi connectivity index (χ1n) is 8.09. The summed E-state index contributed by atoms with van der Waals surface area (Å²) in [6.45, 7) is 9.58. The van der Waals surface area contributed by atoms with Gasteiger partial charge in [-0.05, 0) is 25.7 Å². The van der Waals surface area contributed by atoms with E-state index < -0.39 is 0 Å². The Kier molecular flexibility index (Phi) is 79.1. The van der Waals surface area contributed by atoms with Crippen LogP contribution in [0, 0.1) is 0 Å². The largest absolute Gasteiger partial charge is 0.396 e. The van der Waals surface area contributed by atoms with Crippen molar-refractivity contribution in [1.82, 2.24) is 0 Å². The van der Waals surface area contributed by atoms with E-state index in [1.807, 2.05) is 0 Å². The molecule has 0 fully saturated rings. The molecule has 4 N–H and O–H groups in total. The van der Waals surface area contributed by atoms with Crippen LogP contribution in [0.25, 0.3) is 0 Å². The van der Waals surface area contributed by atoms with E-state index in [4.69, 9.17) is 20.4 Å². The average molecular weight is 388 g/mol. The van der Waals surface area contributed by atoms with Crippen LogP contribution in [0.4, 0.5) is 0 Å². The van der Waals surface area contributed by atoms with Gasteiger partial charge < -0.3 is 20.4 Å². The minimum Gasteiger partial charge on any atom is -0.396 e. The Labute approximate surface area is 152 Å². The van der Waals surface area contributed by atoms with Crippen molar-refractivity contribution >= 4 is 0 Å². The van der Waals surface area contributed by atoms with Gasteiger partial charge in [-0.2, -0.15) is 0 Å². The topological polar surface area (TPSA) is 80.9 Å². The second kappa shape index (κ2) is 49.8. The molecule has 0 spiro atoms. The molecule has 0 atom stereocenters. The minimum atomic E-state index is 0. The number of aliphatic hydroxyl groups excluding tert-OH is 4. The van der Waals surface area contributed by atoms with Crippen molar-refractivity contribution in [2.45, 2.75) is 79.1 Å². The molecule has 0 rings (SSSR count). The predicted molar refractivity (Wildman–Crippen MR) is 88.0 cm³/mol. The molecule has 0 heterocycles. The molecule has 0 amide bonds. The molecule has 0 aromatic heterocycles. The zero-order valence-electron chi connectivity index (χ0n) is 14.8. The molecule has 4 nitrogen and oxygen atoms in total. The van der Waals surface area contributed by atoms with Gasteiger partial charge in [0, 0.05) is 52.6 Å². The standard InChI is InChI=1S/4C4H10O.Zr/c4*1-2-3-4-5;/h4*5H,2-4H2,1H3;. The van der Waals surface area contributed by atoms with Crippen LogP contribution >= 0.6 is 0 Å². The van der Waals surface area contributed by atoms with Gasteiger partial charge in [-0.15, -0.1) is 0 Å². The number of hydrogen-bond donors (Lipinski definition) is 4. The smallest absolute Gasteiger partial charge is 0.0430 e. The molecular weight excluding hydrogens is 347 g/mol. The van der Waals surface area contributed by atoms with Gasteiger partial charge in [-0.1, -0.05) is 53.4 Å². The summed E-state index contributed by atoms with van der Waals surface area (Å²) in [5.74, 6) is 0. The molecule has 0 unspecified atom stereocenters. The number of aliphatic hydroxyl groups is 4. The fourth-order valence-corrected chi connectivity index (χ4v) is 0.632. The summed E-state index contributed by atoms with van der Waals surface area (Å²) in [4.78, 5) is 0. The molecule has 21 heavy (non-hydrogen) atoms. The van der Waals surface area contributed by atoms with E-state index in [9.17, 15) is 0 Å². The Morgan fingerprint density at radius 2 is 0.571 bits per heavy atom. The van der Waals surface area contributed by atoms with E-state index in [0.717, 1.165) is 51.4 Å². The van der Waals surface area contributed by atoms with Crippen molar-refractivity contribution in [3.8, 4) is 0 Å². The second-order valence-corrected chi connectivity index (χ2v) is 4.31. The third kappa shape index (κ3) is 95.5. The number of hydrogen-bond acceptors (Lipinski definition) is 4. The molecule has 0 aliphatic heterocycles. The monoisotopic (exact) mass is 386 g/mol. The van der Waals surface area contributed by atoms with Gasteiger partial charge in [0.15, 0.2) is 0 Å². The molecular formula is C16H40O4Zr. The van der Waals surface area contributed by atoms with Crippen molar-refractivity contribution in [3.05, 3.63) is 0 Å². The summed E-state index contributed by atoms with van der Waals surface area (Å²) in [7, 11) is 0. The molecule has 0 saturated carbocycles. The third-order valence-corrected chi connectivity index (χ3v) is 2.05. The molecule has 0 aromatic rings. The summed E-state index contributed by atoms with van der Waals surface area (Å²) >= 11 is 0. The molecule has 0 saturated heterocycles. The van der Waals surface area contributed by atoms with Crippen LogP contribution in [0.1, 0.15) is 79.1 Å². The molecule has 0 aliphatic rings. The normalized spacial score (nSPS) is 8.00. The predicted octanol–water partition coefficient (Wildman–Crippen LogP) is 3.11. The number of unbranched alkanes of at least 4 members (excludes halogenated alkanes) is 4. The van der Waals surface area contributed by atoms with E-state index in [2.05, 4.69) is 27.7 Å². The first-order valence-corrected chi connectivity index (χ1v) is 8.09. The van der Waals surface area contributed by atoms with E-state index in [0.29, 0.717) is 26.4 Å². The van der Waals surface area contributed by atoms with Crippen LogP contribution in [0.5, 0.6) is 0 Å². The van der Waals surface area contributed by atoms with Gasteiger partial charge in [-0.3, -0.25) is 0 Å². The van der Waals surface area contributed by atoms with Gasteiger partial charge in [0.05, 0.1) is 0 Å². The summed E-state index contributed by atoms with van der Waals surface area (Å²) in [6.07, 6.45) is 8.15. The van der Waals surface area contributed by atoms with E-state index in [-0.39, 0.29) is 26.2 Å². The van der Waals surface area contributed by atoms with Crippen LogP contribution in [-0.2, 0) is 26.2 Å². The fraction of sp³-hybridized carbons (Fsp3) is 1.00. The minimum absolute atomic E-state index is 0. The summed E-state index contributed by atoms with van der Waals surface area (Å²) in [5, 5.41) is 32.3. The first-order chi connectivity index (χ1) is 9.66. The molecule has 0 aliphatic carbocycles. The Morgan fingerprint density at radius 1 is 0.429 bits per heavy atom. The quantitative estimate of drug-likeness (QED) is 0.516. The molecule has 0 radical (unpaired) electrons. The van der Waals surface area contributed by atoms with Crippen LogP contribution in [0.15, 0.2) is 0 Å². The van der Waals surface area contributed by atoms with Gasteiger partial charge in [0.1, 0.15) is 0 Å². The maximum absolute atomic E-state index is 8.07. The van der Waals surface area contributed by atoms with Gasteiger partial charge in [0.2, 0.25) is 0 Å². The summed E-state index contributed by atoms with van der Waals surface area (Å²) < 4.78 is 0. The van der Waals surface area contributed by atoms with E-state index in [1.165, 1.54) is 0 Å². The second-order valence-electron chi connectivity index (χ2n) is 4.31. The summed E-state index contributed by atoms with van der Waals surface area (Å²) in [6, 6.07) is 0. The van der Waals surface area contributed by atoms with Gasteiger partial charge in [0.25, 0.3) is 0 Å². The van der Waals surface area contributed by atoms with Crippen LogP contribution in [0.3, 0.4) is 0 Å². The zero-order chi connectivity index (χ0) is 16.5. The Morgan fingerprint density at radius 3 is 0.571 bits per heavy atom.